The lowest BCUT2D eigenvalue weighted by Crippen LogP contribution is -2.42. The van der Waals surface area contributed by atoms with E-state index in [1.807, 2.05) is 0 Å². The molecule has 6 heteroatoms. The second kappa shape index (κ2) is 3.78. The maximum Gasteiger partial charge on any atom is 0.314 e. The molecule has 1 aromatic rings. The quantitative estimate of drug-likeness (QED) is 0.876. The van der Waals surface area contributed by atoms with Crippen LogP contribution in [0.25, 0.3) is 0 Å². The van der Waals surface area contributed by atoms with E-state index in [9.17, 15) is 15.0 Å². The molecule has 18 heavy (non-hydrogen) atoms. The van der Waals surface area contributed by atoms with Crippen LogP contribution in [0.2, 0.25) is 0 Å². The fourth-order valence-corrected chi connectivity index (χ4v) is 2.95. The predicted octanol–water partition coefficient (Wildman–Crippen LogP) is 2.39. The summed E-state index contributed by atoms with van der Waals surface area (Å²) in [6, 6.07) is 1.59. The minimum Gasteiger partial charge on any atom is -0.506 e. The van der Waals surface area contributed by atoms with Crippen LogP contribution in [0.3, 0.4) is 0 Å². The van der Waals surface area contributed by atoms with E-state index < -0.39 is 11.4 Å². The summed E-state index contributed by atoms with van der Waals surface area (Å²) in [7, 11) is 0. The molecule has 0 aromatic heterocycles. The van der Waals surface area contributed by atoms with Crippen molar-refractivity contribution >= 4 is 21.9 Å². The van der Waals surface area contributed by atoms with Gasteiger partial charge in [0.05, 0.1) is 10.0 Å². The molecule has 0 saturated heterocycles. The average Bonchev–Trinajstić information content (AvgIpc) is 2.68. The molecule has 5 nitrogen and oxygen atoms in total. The number of halogens is 1. The van der Waals surface area contributed by atoms with Crippen molar-refractivity contribution in [2.24, 2.45) is 0 Å². The first-order valence-electron chi connectivity index (χ1n) is 5.61. The lowest BCUT2D eigenvalue weighted by Gasteiger charge is -2.38. The van der Waals surface area contributed by atoms with Crippen molar-refractivity contribution in [3.05, 3.63) is 16.1 Å². The number of rotatable bonds is 2. The Kier molecular flexibility index (Phi) is 2.45. The topological polar surface area (TPSA) is 76.0 Å². The van der Waals surface area contributed by atoms with E-state index >= 15 is 0 Å². The number of carbonyl (C=O) groups is 1. The Labute approximate surface area is 111 Å². The Balaban J connectivity index is 2.25. The third-order valence-corrected chi connectivity index (χ3v) is 4.29. The molecule has 0 amide bonds. The number of benzene rings is 1. The zero-order valence-electron chi connectivity index (χ0n) is 9.40. The number of fused-ring (bicyclic) bond motifs is 1. The maximum atomic E-state index is 11.5. The number of phenolic OH excluding ortho intramolecular Hbond substituents is 1. The maximum absolute atomic E-state index is 11.5. The minimum atomic E-state index is -1.05. The van der Waals surface area contributed by atoms with Gasteiger partial charge < -0.3 is 19.7 Å². The molecule has 1 aliphatic heterocycles. The summed E-state index contributed by atoms with van der Waals surface area (Å²) in [6.07, 6.45) is 1.83. The van der Waals surface area contributed by atoms with E-state index in [1.54, 1.807) is 6.07 Å². The molecule has 0 bridgehead atoms. The van der Waals surface area contributed by atoms with Crippen molar-refractivity contribution in [2.75, 3.05) is 6.79 Å². The van der Waals surface area contributed by atoms with E-state index in [0.29, 0.717) is 34.4 Å². The van der Waals surface area contributed by atoms with Crippen LogP contribution in [0, 0.1) is 0 Å². The molecular weight excluding hydrogens is 304 g/mol. The summed E-state index contributed by atoms with van der Waals surface area (Å²) in [5.74, 6) is -0.166. The zero-order valence-corrected chi connectivity index (χ0v) is 11.0. The molecule has 1 fully saturated rings. The number of aromatic hydroxyl groups is 1. The van der Waals surface area contributed by atoms with Crippen molar-refractivity contribution < 1.29 is 24.5 Å². The Morgan fingerprint density at radius 1 is 1.39 bits per heavy atom. The predicted molar refractivity (Wildman–Crippen MR) is 65.1 cm³/mol. The number of hydrogen-bond donors (Lipinski definition) is 2. The second-order valence-corrected chi connectivity index (χ2v) is 5.41. The molecule has 0 atom stereocenters. The Morgan fingerprint density at radius 2 is 2.11 bits per heavy atom. The van der Waals surface area contributed by atoms with Crippen molar-refractivity contribution in [2.45, 2.75) is 24.7 Å². The van der Waals surface area contributed by atoms with Gasteiger partial charge in [-0.1, -0.05) is 6.42 Å². The van der Waals surface area contributed by atoms with Gasteiger partial charge in [-0.15, -0.1) is 0 Å². The number of carboxylic acids is 1. The summed E-state index contributed by atoms with van der Waals surface area (Å²) in [5, 5.41) is 19.6. The molecule has 1 heterocycles. The lowest BCUT2D eigenvalue weighted by atomic mass is 9.64. The molecule has 0 unspecified atom stereocenters. The summed E-state index contributed by atoms with van der Waals surface area (Å²) in [6.45, 7) is 0.0495. The van der Waals surface area contributed by atoms with Gasteiger partial charge in [0.25, 0.3) is 0 Å². The largest absolute Gasteiger partial charge is 0.506 e. The van der Waals surface area contributed by atoms with E-state index in [1.165, 1.54) is 0 Å². The van der Waals surface area contributed by atoms with E-state index in [2.05, 4.69) is 15.9 Å². The number of carboxylic acid groups (broad SMARTS) is 1. The molecule has 1 aliphatic carbocycles. The van der Waals surface area contributed by atoms with E-state index in [4.69, 9.17) is 9.47 Å². The molecule has 1 aromatic carbocycles. The highest BCUT2D eigenvalue weighted by Crippen LogP contribution is 2.56. The number of hydrogen-bond acceptors (Lipinski definition) is 4. The number of phenols is 1. The smallest absolute Gasteiger partial charge is 0.314 e. The van der Waals surface area contributed by atoms with E-state index in [0.717, 1.165) is 6.42 Å². The molecule has 3 rings (SSSR count). The number of ether oxygens (including phenoxy) is 2. The molecule has 0 spiro atoms. The lowest BCUT2D eigenvalue weighted by molar-refractivity contribution is -0.147. The monoisotopic (exact) mass is 314 g/mol. The van der Waals surface area contributed by atoms with Gasteiger partial charge in [0.1, 0.15) is 11.2 Å². The molecule has 2 N–H and O–H groups in total. The molecule has 0 radical (unpaired) electrons. The SMILES string of the molecule is O=C(O)C1(c2c(O)c(Br)cc3c2OCO3)CCC1. The average molecular weight is 315 g/mol. The first-order valence-corrected chi connectivity index (χ1v) is 6.40. The molecule has 96 valence electrons. The van der Waals surface area contributed by atoms with Crippen LogP contribution in [0.15, 0.2) is 10.5 Å². The van der Waals surface area contributed by atoms with Crippen molar-refractivity contribution in [1.82, 2.24) is 0 Å². The van der Waals surface area contributed by atoms with E-state index in [-0.39, 0.29) is 12.5 Å². The fraction of sp³-hybridized carbons (Fsp3) is 0.417. The third kappa shape index (κ3) is 1.35. The molecule has 1 saturated carbocycles. The van der Waals surface area contributed by atoms with Crippen LogP contribution in [-0.2, 0) is 10.2 Å². The van der Waals surface area contributed by atoms with Crippen LogP contribution in [-0.4, -0.2) is 23.0 Å². The Bertz CT molecular complexity index is 536. The van der Waals surface area contributed by atoms with Gasteiger partial charge in [-0.3, -0.25) is 4.79 Å². The van der Waals surface area contributed by atoms with Crippen LogP contribution in [0.5, 0.6) is 17.2 Å². The third-order valence-electron chi connectivity index (χ3n) is 3.68. The van der Waals surface area contributed by atoms with Gasteiger partial charge in [-0.25, -0.2) is 0 Å². The Morgan fingerprint density at radius 3 is 2.67 bits per heavy atom. The Hall–Kier alpha value is -1.43. The van der Waals surface area contributed by atoms with Gasteiger partial charge in [-0.05, 0) is 28.8 Å². The highest BCUT2D eigenvalue weighted by molar-refractivity contribution is 9.10. The summed E-state index contributed by atoms with van der Waals surface area (Å²) >= 11 is 3.22. The number of aliphatic carboxylic acids is 1. The highest BCUT2D eigenvalue weighted by Gasteiger charge is 2.51. The summed E-state index contributed by atoms with van der Waals surface area (Å²) in [4.78, 5) is 11.5. The van der Waals surface area contributed by atoms with Gasteiger partial charge in [-0.2, -0.15) is 0 Å². The van der Waals surface area contributed by atoms with Gasteiger partial charge in [0, 0.05) is 6.07 Å². The van der Waals surface area contributed by atoms with Crippen LogP contribution in [0.1, 0.15) is 24.8 Å². The first-order chi connectivity index (χ1) is 8.56. The molecular formula is C12H11BrO5. The summed E-state index contributed by atoms with van der Waals surface area (Å²) < 4.78 is 11.0. The van der Waals surface area contributed by atoms with Gasteiger partial charge in [0.15, 0.2) is 11.5 Å². The standard InChI is InChI=1S/C12H11BrO5/c13-6-4-7-10(18-5-17-7)8(9(6)14)12(11(15)16)2-1-3-12/h4,14H,1-3,5H2,(H,15,16). The summed E-state index contributed by atoms with van der Waals surface area (Å²) in [5.41, 5.74) is -0.714. The first kappa shape index (κ1) is 11.6. The van der Waals surface area contributed by atoms with Crippen molar-refractivity contribution in [3.63, 3.8) is 0 Å². The highest BCUT2D eigenvalue weighted by atomic mass is 79.9. The molecule has 2 aliphatic rings. The van der Waals surface area contributed by atoms with Crippen LogP contribution >= 0.6 is 15.9 Å². The second-order valence-electron chi connectivity index (χ2n) is 4.56. The van der Waals surface area contributed by atoms with Crippen LogP contribution in [0.4, 0.5) is 0 Å². The van der Waals surface area contributed by atoms with Crippen molar-refractivity contribution in [1.29, 1.82) is 0 Å². The normalized spacial score (nSPS) is 19.4. The van der Waals surface area contributed by atoms with Crippen LogP contribution < -0.4 is 9.47 Å². The zero-order chi connectivity index (χ0) is 12.9. The van der Waals surface area contributed by atoms with Gasteiger partial charge in [0.2, 0.25) is 6.79 Å². The fourth-order valence-electron chi connectivity index (χ4n) is 2.55. The van der Waals surface area contributed by atoms with Crippen molar-refractivity contribution in [3.8, 4) is 17.2 Å². The van der Waals surface area contributed by atoms with Gasteiger partial charge >= 0.3 is 5.97 Å². The minimum absolute atomic E-state index is 0.0495.